The smallest absolute Gasteiger partial charge is 0.870 e. The van der Waals surface area contributed by atoms with Crippen LogP contribution in [-0.2, 0) is 18.6 Å². The Labute approximate surface area is 41.3 Å². The average Bonchev–Trinajstić information content (AvgIpc) is 0. The second kappa shape index (κ2) is 288. The summed E-state index contributed by atoms with van der Waals surface area (Å²) >= 11 is 0. The first-order chi connectivity index (χ1) is 0. The van der Waals surface area contributed by atoms with Crippen LogP contribution in [0, 0.1) is 0 Å². The molecule has 0 aliphatic rings. The summed E-state index contributed by atoms with van der Waals surface area (Å²) in [6.07, 6.45) is 0. The van der Waals surface area contributed by atoms with Crippen LogP contribution in [0.1, 0.15) is 0 Å². The van der Waals surface area contributed by atoms with Gasteiger partial charge < -0.3 is 21.9 Å². The molecule has 0 saturated carbocycles. The molecule has 0 unspecified atom stereocenters. The van der Waals surface area contributed by atoms with E-state index in [1.807, 2.05) is 0 Å². The first kappa shape index (κ1) is 589. The molecule has 0 aromatic carbocycles. The third-order valence-electron chi connectivity index (χ3n) is 0. The fourth-order valence-corrected chi connectivity index (χ4v) is 0. The summed E-state index contributed by atoms with van der Waals surface area (Å²) in [6, 6.07) is 0. The molecule has 0 rings (SSSR count). The van der Waals surface area contributed by atoms with Crippen LogP contribution < -0.4 is 0 Å². The molecule has 0 amide bonds. The summed E-state index contributed by atoms with van der Waals surface area (Å²) in [5.41, 5.74) is 0. The van der Waals surface area contributed by atoms with E-state index in [2.05, 4.69) is 0 Å². The van der Waals surface area contributed by atoms with Crippen LogP contribution in [0.3, 0.4) is 0 Å². The van der Waals surface area contributed by atoms with Crippen molar-refractivity contribution in [2.45, 2.75) is 0 Å². The van der Waals surface area contributed by atoms with E-state index in [1.165, 1.54) is 0 Å². The zero-order chi connectivity index (χ0) is 0. The normalized spacial score (nSPS) is 0. The second-order valence-corrected chi connectivity index (χ2v) is 0. The fraction of sp³-hybridized carbons (Fsp3) is 0. The standard InChI is InChI=1S/4H2O.V/h4*1H2;/q;;;;+4/p-4. The molecular weight excluding hydrogens is 115 g/mol. The van der Waals surface area contributed by atoms with Gasteiger partial charge in [-0.3, -0.25) is 0 Å². The van der Waals surface area contributed by atoms with Crippen molar-refractivity contribution in [2.24, 2.45) is 0 Å². The van der Waals surface area contributed by atoms with Crippen molar-refractivity contribution in [3.05, 3.63) is 0 Å². The number of hydrogen-bond acceptors (Lipinski definition) is 4. The molecule has 0 fully saturated rings. The molecule has 0 aromatic rings. The topological polar surface area (TPSA) is 120 Å². The quantitative estimate of drug-likeness (QED) is 0.418. The fourth-order valence-electron chi connectivity index (χ4n) is 0. The third-order valence-corrected chi connectivity index (χ3v) is 0. The van der Waals surface area contributed by atoms with Crippen LogP contribution in [0.15, 0.2) is 0 Å². The van der Waals surface area contributed by atoms with E-state index in [1.54, 1.807) is 0 Å². The third kappa shape index (κ3) is 144. The zero-order valence-corrected chi connectivity index (χ0v) is 3.63. The van der Waals surface area contributed by atoms with Gasteiger partial charge in [0.25, 0.3) is 0 Å². The molecular formula is H4O4V. The van der Waals surface area contributed by atoms with Gasteiger partial charge in [0.05, 0.1) is 0 Å². The maximum absolute atomic E-state index is 0. The van der Waals surface area contributed by atoms with E-state index in [0.717, 1.165) is 0 Å². The van der Waals surface area contributed by atoms with E-state index in [0.29, 0.717) is 0 Å². The monoisotopic (exact) mass is 119 g/mol. The van der Waals surface area contributed by atoms with Gasteiger partial charge in [0.2, 0.25) is 0 Å². The van der Waals surface area contributed by atoms with Crippen molar-refractivity contribution in [3.63, 3.8) is 0 Å². The minimum Gasteiger partial charge on any atom is -0.870 e. The Hall–Kier alpha value is 0.424. The molecule has 1 radical (unpaired) electrons. The Morgan fingerprint density at radius 2 is 0.400 bits per heavy atom. The van der Waals surface area contributed by atoms with Crippen LogP contribution >= 0.6 is 0 Å². The van der Waals surface area contributed by atoms with Gasteiger partial charge in [-0.15, -0.1) is 0 Å². The maximum atomic E-state index is 0. The minimum absolute atomic E-state index is 0. The molecule has 4 nitrogen and oxygen atoms in total. The van der Waals surface area contributed by atoms with Gasteiger partial charge >= 0.3 is 18.6 Å². The van der Waals surface area contributed by atoms with Gasteiger partial charge in [0, 0.05) is 0 Å². The summed E-state index contributed by atoms with van der Waals surface area (Å²) < 4.78 is 0. The Kier molecular flexibility index (Phi) is 34000. The van der Waals surface area contributed by atoms with E-state index >= 15 is 0 Å². The van der Waals surface area contributed by atoms with Gasteiger partial charge in [-0.1, -0.05) is 0 Å². The molecule has 0 bridgehead atoms. The van der Waals surface area contributed by atoms with Gasteiger partial charge in [-0.25, -0.2) is 0 Å². The van der Waals surface area contributed by atoms with Gasteiger partial charge in [0.1, 0.15) is 0 Å². The predicted molar refractivity (Wildman–Crippen MR) is 7.74 cm³/mol. The summed E-state index contributed by atoms with van der Waals surface area (Å²) in [4.78, 5) is 0. The zero-order valence-electron chi connectivity index (χ0n) is 2.24. The Balaban J connectivity index is 0. The van der Waals surface area contributed by atoms with Crippen LogP contribution in [0.2, 0.25) is 0 Å². The predicted octanol–water partition coefficient (Wildman–Crippen LogP) is -0.710. The Morgan fingerprint density at radius 1 is 0.400 bits per heavy atom. The van der Waals surface area contributed by atoms with Gasteiger partial charge in [0.15, 0.2) is 0 Å². The van der Waals surface area contributed by atoms with Crippen molar-refractivity contribution in [1.82, 2.24) is 0 Å². The largest absolute Gasteiger partial charge is 4.00 e. The van der Waals surface area contributed by atoms with Crippen molar-refractivity contribution < 1.29 is 40.5 Å². The van der Waals surface area contributed by atoms with Crippen LogP contribution in [0.5, 0.6) is 0 Å². The van der Waals surface area contributed by atoms with Crippen LogP contribution in [0.4, 0.5) is 0 Å². The summed E-state index contributed by atoms with van der Waals surface area (Å²) in [6.45, 7) is 0. The number of hydrogen-bond donors (Lipinski definition) is 0. The molecule has 5 heavy (non-hydrogen) atoms. The first-order valence-electron chi connectivity index (χ1n) is 0. The van der Waals surface area contributed by atoms with Crippen LogP contribution in [0.25, 0.3) is 0 Å². The molecule has 0 heterocycles. The summed E-state index contributed by atoms with van der Waals surface area (Å²) in [5.74, 6) is 0. The average molecular weight is 119 g/mol. The molecule has 4 N–H and O–H groups in total. The SMILES string of the molecule is [OH-].[OH-].[OH-].[OH-].[V+4]. The first-order valence-corrected chi connectivity index (χ1v) is 0. The summed E-state index contributed by atoms with van der Waals surface area (Å²) in [5, 5.41) is 0. The van der Waals surface area contributed by atoms with E-state index in [-0.39, 0.29) is 40.5 Å². The number of rotatable bonds is 0. The molecule has 5 heteroatoms. The van der Waals surface area contributed by atoms with Crippen molar-refractivity contribution >= 4 is 0 Å². The van der Waals surface area contributed by atoms with E-state index < -0.39 is 0 Å². The molecule has 0 saturated heterocycles. The van der Waals surface area contributed by atoms with Crippen molar-refractivity contribution in [1.29, 1.82) is 0 Å². The van der Waals surface area contributed by atoms with Gasteiger partial charge in [-0.05, 0) is 0 Å². The van der Waals surface area contributed by atoms with E-state index in [9.17, 15) is 0 Å². The Morgan fingerprint density at radius 3 is 0.400 bits per heavy atom. The molecule has 33 valence electrons. The second-order valence-electron chi connectivity index (χ2n) is 0. The van der Waals surface area contributed by atoms with Crippen molar-refractivity contribution in [2.75, 3.05) is 0 Å². The molecule has 0 atom stereocenters. The maximum Gasteiger partial charge on any atom is 4.00 e. The molecule has 0 spiro atoms. The molecule has 0 aliphatic heterocycles. The van der Waals surface area contributed by atoms with Crippen molar-refractivity contribution in [3.8, 4) is 0 Å². The van der Waals surface area contributed by atoms with E-state index in [4.69, 9.17) is 0 Å². The molecule has 0 aliphatic carbocycles. The van der Waals surface area contributed by atoms with Crippen LogP contribution in [-0.4, -0.2) is 21.9 Å². The van der Waals surface area contributed by atoms with Gasteiger partial charge in [-0.2, -0.15) is 0 Å². The Bertz CT molecular complexity index is 3.61. The molecule has 0 aromatic heterocycles. The minimum atomic E-state index is 0. The summed E-state index contributed by atoms with van der Waals surface area (Å²) in [7, 11) is 0.